The van der Waals surface area contributed by atoms with Crippen LogP contribution in [-0.4, -0.2) is 15.8 Å². The quantitative estimate of drug-likeness (QED) is 0.865. The van der Waals surface area contributed by atoms with Crippen molar-refractivity contribution in [3.05, 3.63) is 18.0 Å². The first kappa shape index (κ1) is 13.6. The Morgan fingerprint density at radius 2 is 2.06 bits per heavy atom. The van der Waals surface area contributed by atoms with Crippen molar-refractivity contribution in [3.8, 4) is 0 Å². The molecule has 0 saturated heterocycles. The van der Waals surface area contributed by atoms with Crippen molar-refractivity contribution >= 4 is 0 Å². The number of nitrogens with one attached hydrogen (secondary N) is 1. The summed E-state index contributed by atoms with van der Waals surface area (Å²) < 4.78 is 2.20. The molecule has 3 heteroatoms. The third kappa shape index (κ3) is 3.58. The molecule has 1 aliphatic rings. The SMILES string of the molecule is CCC1CCC(n2cc(CNC(C)C)cn2)CC1. The van der Waals surface area contributed by atoms with Crippen molar-refractivity contribution in [2.75, 3.05) is 0 Å². The molecule has 2 rings (SSSR count). The summed E-state index contributed by atoms with van der Waals surface area (Å²) in [6, 6.07) is 1.17. The second-order valence-corrected chi connectivity index (χ2v) is 5.95. The van der Waals surface area contributed by atoms with E-state index in [0.29, 0.717) is 12.1 Å². The minimum absolute atomic E-state index is 0.536. The van der Waals surface area contributed by atoms with Crippen LogP contribution in [0.15, 0.2) is 12.4 Å². The van der Waals surface area contributed by atoms with Crippen LogP contribution < -0.4 is 5.32 Å². The Kier molecular flexibility index (Phi) is 4.81. The highest BCUT2D eigenvalue weighted by Gasteiger charge is 2.21. The molecule has 1 aromatic rings. The van der Waals surface area contributed by atoms with Gasteiger partial charge < -0.3 is 5.32 Å². The largest absolute Gasteiger partial charge is 0.310 e. The summed E-state index contributed by atoms with van der Waals surface area (Å²) in [5.41, 5.74) is 1.31. The van der Waals surface area contributed by atoms with Crippen LogP contribution in [0.25, 0.3) is 0 Å². The van der Waals surface area contributed by atoms with E-state index in [1.54, 1.807) is 0 Å². The molecule has 0 amide bonds. The Morgan fingerprint density at radius 3 is 2.67 bits per heavy atom. The summed E-state index contributed by atoms with van der Waals surface area (Å²) in [7, 11) is 0. The van der Waals surface area contributed by atoms with Gasteiger partial charge in [0.15, 0.2) is 0 Å². The van der Waals surface area contributed by atoms with E-state index >= 15 is 0 Å². The van der Waals surface area contributed by atoms with Crippen LogP contribution in [0, 0.1) is 5.92 Å². The average Bonchev–Trinajstić information content (AvgIpc) is 2.85. The summed E-state index contributed by atoms with van der Waals surface area (Å²) >= 11 is 0. The summed E-state index contributed by atoms with van der Waals surface area (Å²) in [5.74, 6) is 0.957. The van der Waals surface area contributed by atoms with Gasteiger partial charge >= 0.3 is 0 Å². The number of hydrogen-bond donors (Lipinski definition) is 1. The highest BCUT2D eigenvalue weighted by molar-refractivity contribution is 5.04. The van der Waals surface area contributed by atoms with Crippen LogP contribution in [0.4, 0.5) is 0 Å². The molecule has 0 aromatic carbocycles. The summed E-state index contributed by atoms with van der Waals surface area (Å²) in [6.07, 6.45) is 10.9. The topological polar surface area (TPSA) is 29.9 Å². The molecule has 3 nitrogen and oxygen atoms in total. The zero-order valence-corrected chi connectivity index (χ0v) is 12.0. The molecule has 0 bridgehead atoms. The van der Waals surface area contributed by atoms with Crippen LogP contribution in [0.5, 0.6) is 0 Å². The summed E-state index contributed by atoms with van der Waals surface area (Å²) in [6.45, 7) is 7.60. The Labute approximate surface area is 111 Å². The van der Waals surface area contributed by atoms with Crippen molar-refractivity contribution in [3.63, 3.8) is 0 Å². The van der Waals surface area contributed by atoms with Gasteiger partial charge in [-0.05, 0) is 31.6 Å². The van der Waals surface area contributed by atoms with E-state index in [1.807, 2.05) is 6.20 Å². The lowest BCUT2D eigenvalue weighted by atomic mass is 9.85. The zero-order valence-electron chi connectivity index (χ0n) is 12.0. The molecule has 0 spiro atoms. The van der Waals surface area contributed by atoms with Crippen LogP contribution in [0.1, 0.15) is 64.5 Å². The molecule has 1 heterocycles. The predicted octanol–water partition coefficient (Wildman–Crippen LogP) is 3.52. The van der Waals surface area contributed by atoms with E-state index in [0.717, 1.165) is 12.5 Å². The Balaban J connectivity index is 1.86. The first-order valence-electron chi connectivity index (χ1n) is 7.45. The molecular weight excluding hydrogens is 222 g/mol. The lowest BCUT2D eigenvalue weighted by molar-refractivity contribution is 0.256. The third-order valence-electron chi connectivity index (χ3n) is 4.14. The zero-order chi connectivity index (χ0) is 13.0. The Bertz CT molecular complexity index is 348. The molecule has 0 aliphatic heterocycles. The van der Waals surface area contributed by atoms with E-state index in [9.17, 15) is 0 Å². The van der Waals surface area contributed by atoms with E-state index in [4.69, 9.17) is 0 Å². The molecule has 1 saturated carbocycles. The van der Waals surface area contributed by atoms with Crippen molar-refractivity contribution in [2.45, 2.75) is 71.5 Å². The minimum Gasteiger partial charge on any atom is -0.310 e. The monoisotopic (exact) mass is 249 g/mol. The standard InChI is InChI=1S/C15H27N3/c1-4-13-5-7-15(8-6-13)18-11-14(10-17-18)9-16-12(2)3/h10-13,15-16H,4-9H2,1-3H3. The Morgan fingerprint density at radius 1 is 1.33 bits per heavy atom. The maximum Gasteiger partial charge on any atom is 0.0534 e. The van der Waals surface area contributed by atoms with Gasteiger partial charge in [-0.15, -0.1) is 0 Å². The fraction of sp³-hybridized carbons (Fsp3) is 0.800. The van der Waals surface area contributed by atoms with Crippen molar-refractivity contribution in [2.24, 2.45) is 5.92 Å². The molecule has 0 atom stereocenters. The normalized spacial score (nSPS) is 24.7. The lowest BCUT2D eigenvalue weighted by Gasteiger charge is -2.27. The maximum absolute atomic E-state index is 4.55. The predicted molar refractivity (Wildman–Crippen MR) is 75.5 cm³/mol. The minimum atomic E-state index is 0.536. The smallest absolute Gasteiger partial charge is 0.0534 e. The van der Waals surface area contributed by atoms with E-state index in [2.05, 4.69) is 42.1 Å². The van der Waals surface area contributed by atoms with E-state index in [1.165, 1.54) is 37.7 Å². The molecule has 1 aliphatic carbocycles. The summed E-state index contributed by atoms with van der Waals surface area (Å²) in [5, 5.41) is 7.99. The lowest BCUT2D eigenvalue weighted by Crippen LogP contribution is -2.21. The highest BCUT2D eigenvalue weighted by Crippen LogP contribution is 2.33. The van der Waals surface area contributed by atoms with Gasteiger partial charge in [0.05, 0.1) is 12.2 Å². The fourth-order valence-electron chi connectivity index (χ4n) is 2.81. The van der Waals surface area contributed by atoms with Crippen LogP contribution in [0.3, 0.4) is 0 Å². The molecule has 0 unspecified atom stereocenters. The molecule has 102 valence electrons. The van der Waals surface area contributed by atoms with Crippen LogP contribution in [-0.2, 0) is 6.54 Å². The highest BCUT2D eigenvalue weighted by atomic mass is 15.3. The first-order chi connectivity index (χ1) is 8.69. The third-order valence-corrected chi connectivity index (χ3v) is 4.14. The average molecular weight is 249 g/mol. The van der Waals surface area contributed by atoms with Gasteiger partial charge in [0.2, 0.25) is 0 Å². The molecule has 18 heavy (non-hydrogen) atoms. The van der Waals surface area contributed by atoms with Crippen LogP contribution >= 0.6 is 0 Å². The second kappa shape index (κ2) is 6.37. The fourth-order valence-corrected chi connectivity index (χ4v) is 2.81. The summed E-state index contributed by atoms with van der Waals surface area (Å²) in [4.78, 5) is 0. The number of hydrogen-bond acceptors (Lipinski definition) is 2. The van der Waals surface area contributed by atoms with Crippen molar-refractivity contribution in [1.29, 1.82) is 0 Å². The molecule has 1 N–H and O–H groups in total. The maximum atomic E-state index is 4.55. The number of aromatic nitrogens is 2. The van der Waals surface area contributed by atoms with E-state index < -0.39 is 0 Å². The molecule has 1 aromatic heterocycles. The number of rotatable bonds is 5. The van der Waals surface area contributed by atoms with Crippen molar-refractivity contribution < 1.29 is 0 Å². The molecule has 1 fully saturated rings. The van der Waals surface area contributed by atoms with Gasteiger partial charge in [0, 0.05) is 24.3 Å². The van der Waals surface area contributed by atoms with E-state index in [-0.39, 0.29) is 0 Å². The van der Waals surface area contributed by atoms with Gasteiger partial charge in [-0.1, -0.05) is 27.2 Å². The van der Waals surface area contributed by atoms with Crippen LogP contribution in [0.2, 0.25) is 0 Å². The van der Waals surface area contributed by atoms with Gasteiger partial charge in [0.25, 0.3) is 0 Å². The molecule has 0 radical (unpaired) electrons. The first-order valence-corrected chi connectivity index (χ1v) is 7.45. The number of nitrogens with zero attached hydrogens (tertiary/aromatic N) is 2. The van der Waals surface area contributed by atoms with Gasteiger partial charge in [-0.3, -0.25) is 4.68 Å². The molecular formula is C15H27N3. The Hall–Kier alpha value is -0.830. The van der Waals surface area contributed by atoms with Gasteiger partial charge in [-0.25, -0.2) is 0 Å². The van der Waals surface area contributed by atoms with Gasteiger partial charge in [0.1, 0.15) is 0 Å². The van der Waals surface area contributed by atoms with Crippen molar-refractivity contribution in [1.82, 2.24) is 15.1 Å². The second-order valence-electron chi connectivity index (χ2n) is 5.95. The van der Waals surface area contributed by atoms with Gasteiger partial charge in [-0.2, -0.15) is 5.10 Å².